The highest BCUT2D eigenvalue weighted by atomic mass is 35.5. The van der Waals surface area contributed by atoms with Gasteiger partial charge in [0.15, 0.2) is 11.9 Å². The zero-order valence-electron chi connectivity index (χ0n) is 18.3. The van der Waals surface area contributed by atoms with Gasteiger partial charge < -0.3 is 10.1 Å². The molecule has 0 radical (unpaired) electrons. The van der Waals surface area contributed by atoms with Gasteiger partial charge in [0.05, 0.1) is 20.5 Å². The molecule has 1 aromatic heterocycles. The summed E-state index contributed by atoms with van der Waals surface area (Å²) >= 11 is 11.8. The van der Waals surface area contributed by atoms with Gasteiger partial charge in [0.25, 0.3) is 5.91 Å². The Labute approximate surface area is 203 Å². The molecular formula is C22H25Cl2N3O5S. The Kier molecular flexibility index (Phi) is 8.33. The van der Waals surface area contributed by atoms with E-state index >= 15 is 0 Å². The van der Waals surface area contributed by atoms with E-state index < -0.39 is 28.0 Å². The van der Waals surface area contributed by atoms with Crippen LogP contribution in [0.2, 0.25) is 10.0 Å². The number of pyridine rings is 1. The van der Waals surface area contributed by atoms with E-state index in [9.17, 15) is 18.0 Å². The first-order valence-corrected chi connectivity index (χ1v) is 12.7. The number of benzene rings is 1. The lowest BCUT2D eigenvalue weighted by Gasteiger charge is -2.30. The molecule has 1 atom stereocenters. The van der Waals surface area contributed by atoms with Gasteiger partial charge >= 0.3 is 5.97 Å². The number of aromatic nitrogens is 1. The van der Waals surface area contributed by atoms with Crippen LogP contribution in [-0.4, -0.2) is 48.8 Å². The quantitative estimate of drug-likeness (QED) is 0.545. The molecule has 3 rings (SSSR count). The molecule has 1 aromatic carbocycles. The lowest BCUT2D eigenvalue weighted by molar-refractivity contribution is -0.123. The van der Waals surface area contributed by atoms with Crippen LogP contribution >= 0.6 is 23.2 Å². The number of esters is 1. The lowest BCUT2D eigenvalue weighted by atomic mass is 9.96. The molecule has 1 saturated carbocycles. The smallest absolute Gasteiger partial charge is 0.338 e. The summed E-state index contributed by atoms with van der Waals surface area (Å²) in [6.45, 7) is 1.38. The van der Waals surface area contributed by atoms with E-state index in [0.717, 1.165) is 32.1 Å². The number of halogens is 2. The summed E-state index contributed by atoms with van der Waals surface area (Å²) in [7, 11) is -2.21. The summed E-state index contributed by atoms with van der Waals surface area (Å²) in [5.74, 6) is -1.40. The predicted octanol–water partition coefficient (Wildman–Crippen LogP) is 4.53. The first-order valence-electron chi connectivity index (χ1n) is 10.5. The van der Waals surface area contributed by atoms with Gasteiger partial charge in [-0.1, -0.05) is 48.5 Å². The summed E-state index contributed by atoms with van der Waals surface area (Å²) in [6, 6.07) is 6.97. The number of hydrogen-bond donors (Lipinski definition) is 1. The SMILES string of the molecule is C[C@@H](OC(=O)c1cccc(S(=O)(=O)N(C)C2CCCCC2)c1)C(=O)Nc1ncc(Cl)cc1Cl. The molecule has 0 aliphatic heterocycles. The molecule has 1 heterocycles. The molecular weight excluding hydrogens is 489 g/mol. The average molecular weight is 514 g/mol. The van der Waals surface area contributed by atoms with Crippen molar-refractivity contribution >= 4 is 50.9 Å². The van der Waals surface area contributed by atoms with E-state index in [1.807, 2.05) is 0 Å². The molecule has 1 aliphatic carbocycles. The third-order valence-corrected chi connectivity index (χ3v) is 7.94. The van der Waals surface area contributed by atoms with Gasteiger partial charge in [-0.3, -0.25) is 4.79 Å². The number of carbonyl (C=O) groups excluding carboxylic acids is 2. The largest absolute Gasteiger partial charge is 0.449 e. The number of nitrogens with one attached hydrogen (secondary N) is 1. The Balaban J connectivity index is 1.69. The maximum Gasteiger partial charge on any atom is 0.338 e. The fraction of sp³-hybridized carbons (Fsp3) is 0.409. The van der Waals surface area contributed by atoms with Gasteiger partial charge in [-0.05, 0) is 44.0 Å². The Hall–Kier alpha value is -2.20. The van der Waals surface area contributed by atoms with Crippen LogP contribution < -0.4 is 5.32 Å². The van der Waals surface area contributed by atoms with Crippen LogP contribution in [0.1, 0.15) is 49.4 Å². The summed E-state index contributed by atoms with van der Waals surface area (Å²) < 4.78 is 32.8. The van der Waals surface area contributed by atoms with Gasteiger partial charge in [0, 0.05) is 19.3 Å². The third-order valence-electron chi connectivity index (χ3n) is 5.54. The topological polar surface area (TPSA) is 106 Å². The fourth-order valence-electron chi connectivity index (χ4n) is 3.60. The standard InChI is InChI=1S/C22H25Cl2N3O5S/c1-14(21(28)26-20-19(24)12-16(23)13-25-20)32-22(29)15-7-6-10-18(11-15)33(30,31)27(2)17-8-4-3-5-9-17/h6-7,10-14,17H,3-5,8-9H2,1-2H3,(H,25,26,28)/t14-/m1/s1. The first-order chi connectivity index (χ1) is 15.6. The molecule has 0 bridgehead atoms. The molecule has 1 amide bonds. The molecule has 11 heteroatoms. The maximum atomic E-state index is 13.1. The van der Waals surface area contributed by atoms with Gasteiger partial charge in [0.1, 0.15) is 0 Å². The monoisotopic (exact) mass is 513 g/mol. The lowest BCUT2D eigenvalue weighted by Crippen LogP contribution is -2.38. The Morgan fingerprint density at radius 3 is 2.55 bits per heavy atom. The third kappa shape index (κ3) is 6.23. The second-order valence-electron chi connectivity index (χ2n) is 7.86. The van der Waals surface area contributed by atoms with Crippen LogP contribution in [0.15, 0.2) is 41.4 Å². The van der Waals surface area contributed by atoms with Crippen LogP contribution in [0.4, 0.5) is 5.82 Å². The number of rotatable bonds is 7. The summed E-state index contributed by atoms with van der Waals surface area (Å²) in [5.41, 5.74) is 0.0235. The highest BCUT2D eigenvalue weighted by molar-refractivity contribution is 7.89. The van der Waals surface area contributed by atoms with Crippen molar-refractivity contribution in [3.63, 3.8) is 0 Å². The number of carbonyl (C=O) groups is 2. The van der Waals surface area contributed by atoms with Crippen molar-refractivity contribution in [3.05, 3.63) is 52.1 Å². The highest BCUT2D eigenvalue weighted by Gasteiger charge is 2.30. The van der Waals surface area contributed by atoms with Crippen molar-refractivity contribution in [3.8, 4) is 0 Å². The van der Waals surface area contributed by atoms with Crippen LogP contribution in [0.3, 0.4) is 0 Å². The number of nitrogens with zero attached hydrogens (tertiary/aromatic N) is 2. The average Bonchev–Trinajstić information content (AvgIpc) is 2.80. The molecule has 178 valence electrons. The van der Waals surface area contributed by atoms with E-state index in [1.54, 1.807) is 7.05 Å². The minimum Gasteiger partial charge on any atom is -0.449 e. The van der Waals surface area contributed by atoms with Crippen LogP contribution in [0.25, 0.3) is 0 Å². The molecule has 33 heavy (non-hydrogen) atoms. The first kappa shape index (κ1) is 25.4. The molecule has 2 aromatic rings. The molecule has 0 saturated heterocycles. The predicted molar refractivity (Wildman–Crippen MR) is 126 cm³/mol. The van der Waals surface area contributed by atoms with Gasteiger partial charge in [-0.15, -0.1) is 0 Å². The number of ether oxygens (including phenoxy) is 1. The van der Waals surface area contributed by atoms with Gasteiger partial charge in [-0.25, -0.2) is 18.2 Å². The van der Waals surface area contributed by atoms with Crippen molar-refractivity contribution in [2.45, 2.75) is 56.1 Å². The summed E-state index contributed by atoms with van der Waals surface area (Å²) in [6.07, 6.45) is 4.86. The molecule has 1 aliphatic rings. The van der Waals surface area contributed by atoms with Crippen molar-refractivity contribution in [2.75, 3.05) is 12.4 Å². The number of amides is 1. The zero-order chi connectivity index (χ0) is 24.2. The molecule has 0 unspecified atom stereocenters. The molecule has 0 spiro atoms. The van der Waals surface area contributed by atoms with Gasteiger partial charge in [0.2, 0.25) is 10.0 Å². The van der Waals surface area contributed by atoms with E-state index in [-0.39, 0.29) is 27.3 Å². The maximum absolute atomic E-state index is 13.1. The van der Waals surface area contributed by atoms with Crippen molar-refractivity contribution < 1.29 is 22.7 Å². The molecule has 1 fully saturated rings. The molecule has 8 nitrogen and oxygen atoms in total. The summed E-state index contributed by atoms with van der Waals surface area (Å²) in [4.78, 5) is 28.9. The van der Waals surface area contributed by atoms with Crippen LogP contribution in [-0.2, 0) is 19.6 Å². The van der Waals surface area contributed by atoms with Gasteiger partial charge in [-0.2, -0.15) is 4.31 Å². The highest BCUT2D eigenvalue weighted by Crippen LogP contribution is 2.27. The van der Waals surface area contributed by atoms with E-state index in [1.165, 1.54) is 47.8 Å². The van der Waals surface area contributed by atoms with E-state index in [0.29, 0.717) is 5.02 Å². The van der Waals surface area contributed by atoms with Crippen molar-refractivity contribution in [1.82, 2.24) is 9.29 Å². The Morgan fingerprint density at radius 2 is 1.88 bits per heavy atom. The number of anilines is 1. The molecule has 1 N–H and O–H groups in total. The van der Waals surface area contributed by atoms with E-state index in [4.69, 9.17) is 27.9 Å². The number of hydrogen-bond acceptors (Lipinski definition) is 6. The van der Waals surface area contributed by atoms with Crippen molar-refractivity contribution in [2.24, 2.45) is 0 Å². The zero-order valence-corrected chi connectivity index (χ0v) is 20.6. The Bertz CT molecular complexity index is 1140. The second kappa shape index (κ2) is 10.8. The normalized spacial score (nSPS) is 15.8. The minimum atomic E-state index is -3.78. The minimum absolute atomic E-state index is 0.000672. The van der Waals surface area contributed by atoms with Crippen LogP contribution in [0.5, 0.6) is 0 Å². The fourth-order valence-corrected chi connectivity index (χ4v) is 5.49. The second-order valence-corrected chi connectivity index (χ2v) is 10.7. The number of sulfonamides is 1. The Morgan fingerprint density at radius 1 is 1.18 bits per heavy atom. The summed E-state index contributed by atoms with van der Waals surface area (Å²) in [5, 5.41) is 2.90. The van der Waals surface area contributed by atoms with Crippen molar-refractivity contribution in [1.29, 1.82) is 0 Å². The van der Waals surface area contributed by atoms with E-state index in [2.05, 4.69) is 10.3 Å². The van der Waals surface area contributed by atoms with Crippen LogP contribution in [0, 0.1) is 0 Å².